The van der Waals surface area contributed by atoms with Gasteiger partial charge in [0, 0.05) is 13.1 Å². The first-order chi connectivity index (χ1) is 4.92. The van der Waals surface area contributed by atoms with Crippen LogP contribution in [0.3, 0.4) is 0 Å². The molecule has 1 aromatic carbocycles. The molecule has 0 aromatic heterocycles. The molecule has 0 bridgehead atoms. The fourth-order valence-electron chi connectivity index (χ4n) is 1.63. The van der Waals surface area contributed by atoms with Crippen molar-refractivity contribution in [1.82, 2.24) is 4.90 Å². The van der Waals surface area contributed by atoms with Crippen LogP contribution in [0.4, 0.5) is 0 Å². The second-order valence-corrected chi connectivity index (χ2v) is 3.25. The second kappa shape index (κ2) is 1.28. The summed E-state index contributed by atoms with van der Waals surface area (Å²) in [5.74, 6) is 0. The number of hydrogen-bond donors (Lipinski definition) is 0. The minimum atomic E-state index is 0.543. The first kappa shape index (κ1) is 4.91. The predicted octanol–water partition coefficient (Wildman–Crippen LogP) is 1.21. The van der Waals surface area contributed by atoms with Crippen LogP contribution in [0.25, 0.3) is 0 Å². The SMILES string of the molecule is c1ccc(C23CN2C3)cc1. The van der Waals surface area contributed by atoms with E-state index in [4.69, 9.17) is 0 Å². The van der Waals surface area contributed by atoms with Crippen LogP contribution in [0.2, 0.25) is 0 Å². The molecule has 0 unspecified atom stereocenters. The first-order valence-corrected chi connectivity index (χ1v) is 3.72. The average Bonchev–Trinajstić information content (AvgIpc) is 2.74. The molecule has 1 aromatic rings. The van der Waals surface area contributed by atoms with E-state index in [1.807, 2.05) is 0 Å². The molecule has 0 atom stereocenters. The molecular weight excluding hydrogens is 122 g/mol. The van der Waals surface area contributed by atoms with Crippen molar-refractivity contribution in [3.8, 4) is 0 Å². The van der Waals surface area contributed by atoms with E-state index in [1.165, 1.54) is 18.7 Å². The van der Waals surface area contributed by atoms with Crippen molar-refractivity contribution in [2.24, 2.45) is 0 Å². The molecule has 3 rings (SSSR count). The molecule has 50 valence electrons. The number of rotatable bonds is 1. The molecule has 0 N–H and O–H groups in total. The smallest absolute Gasteiger partial charge is 0.0719 e. The van der Waals surface area contributed by atoms with Crippen molar-refractivity contribution in [1.29, 1.82) is 0 Å². The van der Waals surface area contributed by atoms with Gasteiger partial charge in [-0.05, 0) is 5.56 Å². The van der Waals surface area contributed by atoms with E-state index in [0.717, 1.165) is 0 Å². The van der Waals surface area contributed by atoms with Crippen molar-refractivity contribution in [2.75, 3.05) is 13.1 Å². The Hall–Kier alpha value is -0.820. The van der Waals surface area contributed by atoms with Gasteiger partial charge in [-0.25, -0.2) is 0 Å². The minimum absolute atomic E-state index is 0.543. The molecule has 0 spiro atoms. The predicted molar refractivity (Wildman–Crippen MR) is 39.7 cm³/mol. The minimum Gasteiger partial charge on any atom is -0.287 e. The normalized spacial score (nSPS) is 40.6. The maximum atomic E-state index is 2.47. The number of hydrogen-bond acceptors (Lipinski definition) is 1. The molecule has 1 nitrogen and oxygen atoms in total. The Morgan fingerprint density at radius 2 is 1.70 bits per heavy atom. The lowest BCUT2D eigenvalue weighted by atomic mass is 10.0. The third-order valence-electron chi connectivity index (χ3n) is 2.61. The Morgan fingerprint density at radius 1 is 1.10 bits per heavy atom. The summed E-state index contributed by atoms with van der Waals surface area (Å²) in [4.78, 5) is 2.47. The maximum Gasteiger partial charge on any atom is 0.0719 e. The molecule has 2 heterocycles. The van der Waals surface area contributed by atoms with Crippen molar-refractivity contribution in [3.63, 3.8) is 0 Å². The first-order valence-electron chi connectivity index (χ1n) is 3.72. The van der Waals surface area contributed by atoms with Gasteiger partial charge in [-0.2, -0.15) is 0 Å². The van der Waals surface area contributed by atoms with Gasteiger partial charge in [-0.3, -0.25) is 4.90 Å². The zero-order chi connectivity index (χ0) is 6.60. The summed E-state index contributed by atoms with van der Waals surface area (Å²) >= 11 is 0. The van der Waals surface area contributed by atoms with Crippen LogP contribution in [0.15, 0.2) is 30.3 Å². The van der Waals surface area contributed by atoms with E-state index in [2.05, 4.69) is 35.2 Å². The fraction of sp³-hybridized carbons (Fsp3) is 0.333. The van der Waals surface area contributed by atoms with Crippen molar-refractivity contribution < 1.29 is 0 Å². The molecule has 1 heteroatoms. The fourth-order valence-corrected chi connectivity index (χ4v) is 1.63. The largest absolute Gasteiger partial charge is 0.287 e. The summed E-state index contributed by atoms with van der Waals surface area (Å²) in [6.07, 6.45) is 0. The molecule has 0 aliphatic carbocycles. The maximum absolute atomic E-state index is 2.47. The quantitative estimate of drug-likeness (QED) is 0.518. The monoisotopic (exact) mass is 131 g/mol. The van der Waals surface area contributed by atoms with E-state index >= 15 is 0 Å². The van der Waals surface area contributed by atoms with Crippen LogP contribution < -0.4 is 0 Å². The van der Waals surface area contributed by atoms with Crippen LogP contribution in [0.5, 0.6) is 0 Å². The van der Waals surface area contributed by atoms with Crippen LogP contribution in [-0.4, -0.2) is 18.0 Å². The second-order valence-electron chi connectivity index (χ2n) is 3.25. The number of fused-ring (bicyclic) bond motifs is 1. The molecule has 0 radical (unpaired) electrons. The lowest BCUT2D eigenvalue weighted by Crippen LogP contribution is -1.99. The Kier molecular flexibility index (Phi) is 0.627. The molecule has 10 heavy (non-hydrogen) atoms. The molecule has 2 saturated heterocycles. The van der Waals surface area contributed by atoms with Crippen LogP contribution >= 0.6 is 0 Å². The van der Waals surface area contributed by atoms with Crippen molar-refractivity contribution >= 4 is 0 Å². The highest BCUT2D eigenvalue weighted by molar-refractivity contribution is 5.40. The third kappa shape index (κ3) is 0.433. The summed E-state index contributed by atoms with van der Waals surface area (Å²) in [6.45, 7) is 2.61. The third-order valence-corrected chi connectivity index (χ3v) is 2.61. The van der Waals surface area contributed by atoms with E-state index in [9.17, 15) is 0 Å². The molecule has 2 aliphatic heterocycles. The summed E-state index contributed by atoms with van der Waals surface area (Å²) in [6, 6.07) is 10.8. The van der Waals surface area contributed by atoms with Gasteiger partial charge in [-0.15, -0.1) is 0 Å². The molecule has 2 fully saturated rings. The lowest BCUT2D eigenvalue weighted by molar-refractivity contribution is 0.808. The van der Waals surface area contributed by atoms with E-state index < -0.39 is 0 Å². The Bertz CT molecular complexity index is 259. The zero-order valence-electron chi connectivity index (χ0n) is 5.75. The van der Waals surface area contributed by atoms with E-state index in [1.54, 1.807) is 0 Å². The Balaban J connectivity index is 2.07. The Labute approximate surface area is 60.3 Å². The van der Waals surface area contributed by atoms with E-state index in [-0.39, 0.29) is 0 Å². The van der Waals surface area contributed by atoms with Crippen LogP contribution in [0, 0.1) is 0 Å². The highest BCUT2D eigenvalue weighted by Gasteiger charge is 2.68. The number of benzene rings is 1. The van der Waals surface area contributed by atoms with Crippen molar-refractivity contribution in [3.05, 3.63) is 35.9 Å². The van der Waals surface area contributed by atoms with Gasteiger partial charge < -0.3 is 0 Å². The van der Waals surface area contributed by atoms with Crippen LogP contribution in [-0.2, 0) is 5.54 Å². The highest BCUT2D eigenvalue weighted by atomic mass is 15.5. The van der Waals surface area contributed by atoms with Gasteiger partial charge >= 0.3 is 0 Å². The van der Waals surface area contributed by atoms with Gasteiger partial charge in [0.1, 0.15) is 0 Å². The standard InChI is InChI=1S/C9H9N/c1-2-4-8(5-3-1)9-6-10(9)7-9/h1-5H,6-7H2. The molecular formula is C9H9N. The van der Waals surface area contributed by atoms with Gasteiger partial charge in [0.25, 0.3) is 0 Å². The van der Waals surface area contributed by atoms with Gasteiger partial charge in [0.15, 0.2) is 0 Å². The van der Waals surface area contributed by atoms with Gasteiger partial charge in [0.2, 0.25) is 0 Å². The van der Waals surface area contributed by atoms with Gasteiger partial charge in [-0.1, -0.05) is 30.3 Å². The molecule has 0 saturated carbocycles. The molecule has 0 amide bonds. The number of nitrogens with zero attached hydrogens (tertiary/aromatic N) is 1. The summed E-state index contributed by atoms with van der Waals surface area (Å²) in [5, 5.41) is 0. The van der Waals surface area contributed by atoms with Crippen molar-refractivity contribution in [2.45, 2.75) is 5.54 Å². The topological polar surface area (TPSA) is 3.01 Å². The van der Waals surface area contributed by atoms with E-state index in [0.29, 0.717) is 5.54 Å². The summed E-state index contributed by atoms with van der Waals surface area (Å²) < 4.78 is 0. The van der Waals surface area contributed by atoms with Crippen LogP contribution in [0.1, 0.15) is 5.56 Å². The highest BCUT2D eigenvalue weighted by Crippen LogP contribution is 2.57. The summed E-state index contributed by atoms with van der Waals surface area (Å²) in [7, 11) is 0. The molecule has 2 aliphatic rings. The zero-order valence-corrected chi connectivity index (χ0v) is 5.75. The average molecular weight is 131 g/mol. The van der Waals surface area contributed by atoms with Gasteiger partial charge in [0.05, 0.1) is 5.54 Å². The summed E-state index contributed by atoms with van der Waals surface area (Å²) in [5.41, 5.74) is 2.05. The Morgan fingerprint density at radius 3 is 2.20 bits per heavy atom. The lowest BCUT2D eigenvalue weighted by Gasteiger charge is -1.97.